The first kappa shape index (κ1) is 20.7. The Labute approximate surface area is 184 Å². The van der Waals surface area contributed by atoms with Crippen LogP contribution in [0.2, 0.25) is 0 Å². The van der Waals surface area contributed by atoms with Crippen molar-refractivity contribution in [3.63, 3.8) is 0 Å². The molecule has 4 aromatic rings. The van der Waals surface area contributed by atoms with Gasteiger partial charge in [-0.05, 0) is 48.4 Å². The summed E-state index contributed by atoms with van der Waals surface area (Å²) >= 11 is 1.33. The van der Waals surface area contributed by atoms with Crippen molar-refractivity contribution < 1.29 is 14.3 Å². The Hall–Kier alpha value is -3.52. The molecule has 0 saturated carbocycles. The molecule has 0 atom stereocenters. The number of carbonyl (C=O) groups excluding carboxylic acids is 1. The maximum atomic E-state index is 12.3. The van der Waals surface area contributed by atoms with E-state index < -0.39 is 0 Å². The lowest BCUT2D eigenvalue weighted by atomic mass is 10.1. The van der Waals surface area contributed by atoms with Crippen LogP contribution in [0.25, 0.3) is 11.4 Å². The minimum Gasteiger partial charge on any atom is -0.508 e. The van der Waals surface area contributed by atoms with Gasteiger partial charge in [-0.1, -0.05) is 42.1 Å². The van der Waals surface area contributed by atoms with E-state index in [-0.39, 0.29) is 17.4 Å². The Morgan fingerprint density at radius 2 is 1.84 bits per heavy atom. The summed E-state index contributed by atoms with van der Waals surface area (Å²) in [6.07, 6.45) is 2.41. The molecule has 2 aromatic carbocycles. The number of hydrogen-bond acceptors (Lipinski definition) is 6. The van der Waals surface area contributed by atoms with Gasteiger partial charge in [0, 0.05) is 12.1 Å². The maximum absolute atomic E-state index is 12.3. The topological polar surface area (TPSA) is 93.2 Å². The number of benzene rings is 2. The number of hydrogen-bond donors (Lipinski definition) is 2. The van der Waals surface area contributed by atoms with Crippen molar-refractivity contribution in [3.8, 4) is 17.1 Å². The van der Waals surface area contributed by atoms with Crippen LogP contribution in [0.3, 0.4) is 0 Å². The highest BCUT2D eigenvalue weighted by Gasteiger charge is 2.17. The lowest BCUT2D eigenvalue weighted by Gasteiger charge is -2.09. The molecule has 0 fully saturated rings. The second-order valence-electron chi connectivity index (χ2n) is 6.89. The van der Waals surface area contributed by atoms with E-state index in [0.29, 0.717) is 24.1 Å². The molecule has 0 aliphatic carbocycles. The number of phenols is 1. The minimum atomic E-state index is -0.0559. The predicted molar refractivity (Wildman–Crippen MR) is 119 cm³/mol. The van der Waals surface area contributed by atoms with Crippen LogP contribution in [-0.4, -0.2) is 38.1 Å². The predicted octanol–water partition coefficient (Wildman–Crippen LogP) is 3.74. The molecule has 0 spiro atoms. The molecule has 0 bridgehead atoms. The zero-order valence-electron chi connectivity index (χ0n) is 16.8. The maximum Gasteiger partial charge on any atom is 0.230 e. The Morgan fingerprint density at radius 1 is 1.03 bits per heavy atom. The number of thioether (sulfide) groups is 1. The fourth-order valence-corrected chi connectivity index (χ4v) is 3.86. The number of nitrogens with one attached hydrogen (secondary N) is 1. The minimum absolute atomic E-state index is 0.0559. The largest absolute Gasteiger partial charge is 0.508 e. The third-order valence-corrected chi connectivity index (χ3v) is 5.61. The van der Waals surface area contributed by atoms with Crippen molar-refractivity contribution in [2.75, 3.05) is 12.3 Å². The van der Waals surface area contributed by atoms with E-state index in [1.165, 1.54) is 17.3 Å². The molecule has 2 N–H and O–H groups in total. The molecule has 31 heavy (non-hydrogen) atoms. The summed E-state index contributed by atoms with van der Waals surface area (Å²) in [6, 6.07) is 20.5. The molecular weight excluding hydrogens is 412 g/mol. The van der Waals surface area contributed by atoms with Gasteiger partial charge in [-0.3, -0.25) is 9.36 Å². The summed E-state index contributed by atoms with van der Waals surface area (Å²) < 4.78 is 7.40. The van der Waals surface area contributed by atoms with Crippen LogP contribution in [0.15, 0.2) is 82.6 Å². The van der Waals surface area contributed by atoms with E-state index >= 15 is 0 Å². The first-order valence-corrected chi connectivity index (χ1v) is 10.9. The summed E-state index contributed by atoms with van der Waals surface area (Å²) in [5.74, 6) is 1.76. The van der Waals surface area contributed by atoms with E-state index in [1.54, 1.807) is 30.5 Å². The molecule has 1 amide bonds. The molecule has 2 aromatic heterocycles. The van der Waals surface area contributed by atoms with Crippen molar-refractivity contribution in [1.29, 1.82) is 0 Å². The van der Waals surface area contributed by atoms with Crippen LogP contribution in [0.5, 0.6) is 5.75 Å². The molecule has 8 heteroatoms. The number of aromatic hydroxyl groups is 1. The summed E-state index contributed by atoms with van der Waals surface area (Å²) in [5, 5.41) is 21.7. The molecule has 0 unspecified atom stereocenters. The van der Waals surface area contributed by atoms with E-state index in [4.69, 9.17) is 4.42 Å². The molecule has 4 rings (SSSR count). The zero-order chi connectivity index (χ0) is 21.5. The number of furan rings is 1. The molecule has 7 nitrogen and oxygen atoms in total. The standard InChI is InChI=1S/C23H22N4O3S/c28-19-10-8-18(9-11-19)22-25-26-23(27(22)15-20-7-4-14-30-20)31-16-21(29)24-13-12-17-5-2-1-3-6-17/h1-11,14,28H,12-13,15-16H2,(H,24,29). The van der Waals surface area contributed by atoms with Crippen LogP contribution < -0.4 is 5.32 Å². The Balaban J connectivity index is 1.42. The number of aromatic nitrogens is 3. The Morgan fingerprint density at radius 3 is 2.58 bits per heavy atom. The number of carbonyl (C=O) groups is 1. The second kappa shape index (κ2) is 9.99. The summed E-state index contributed by atoms with van der Waals surface area (Å²) in [5.41, 5.74) is 2.00. The van der Waals surface area contributed by atoms with Gasteiger partial charge >= 0.3 is 0 Å². The van der Waals surface area contributed by atoms with Crippen molar-refractivity contribution in [2.45, 2.75) is 18.1 Å². The van der Waals surface area contributed by atoms with Crippen LogP contribution in [0.1, 0.15) is 11.3 Å². The monoisotopic (exact) mass is 434 g/mol. The van der Waals surface area contributed by atoms with Gasteiger partial charge in [-0.2, -0.15) is 0 Å². The molecular formula is C23H22N4O3S. The average molecular weight is 435 g/mol. The summed E-state index contributed by atoms with van der Waals surface area (Å²) in [6.45, 7) is 1.02. The van der Waals surface area contributed by atoms with Gasteiger partial charge in [0.2, 0.25) is 5.91 Å². The Bertz CT molecular complexity index is 1110. The second-order valence-corrected chi connectivity index (χ2v) is 7.84. The fourth-order valence-electron chi connectivity index (χ4n) is 3.09. The summed E-state index contributed by atoms with van der Waals surface area (Å²) in [7, 11) is 0. The normalized spacial score (nSPS) is 10.8. The lowest BCUT2D eigenvalue weighted by Crippen LogP contribution is -2.27. The van der Waals surface area contributed by atoms with Gasteiger partial charge in [-0.25, -0.2) is 0 Å². The third-order valence-electron chi connectivity index (χ3n) is 4.65. The van der Waals surface area contributed by atoms with Gasteiger partial charge in [0.05, 0.1) is 18.6 Å². The molecule has 0 aliphatic rings. The fraction of sp³-hybridized carbons (Fsp3) is 0.174. The van der Waals surface area contributed by atoms with E-state index in [1.807, 2.05) is 47.0 Å². The molecule has 0 saturated heterocycles. The van der Waals surface area contributed by atoms with Gasteiger partial charge in [0.25, 0.3) is 0 Å². The number of rotatable bonds is 9. The quantitative estimate of drug-likeness (QED) is 0.390. The lowest BCUT2D eigenvalue weighted by molar-refractivity contribution is -0.118. The van der Waals surface area contributed by atoms with E-state index in [0.717, 1.165) is 17.7 Å². The highest BCUT2D eigenvalue weighted by molar-refractivity contribution is 7.99. The highest BCUT2D eigenvalue weighted by atomic mass is 32.2. The molecule has 158 valence electrons. The molecule has 0 aliphatic heterocycles. The van der Waals surface area contributed by atoms with Gasteiger partial charge in [0.1, 0.15) is 11.5 Å². The van der Waals surface area contributed by atoms with Crippen LogP contribution >= 0.6 is 11.8 Å². The zero-order valence-corrected chi connectivity index (χ0v) is 17.6. The third kappa shape index (κ3) is 5.55. The molecule has 0 radical (unpaired) electrons. The van der Waals surface area contributed by atoms with E-state index in [9.17, 15) is 9.90 Å². The molecule has 2 heterocycles. The number of phenolic OH excluding ortho intramolecular Hbond substituents is 1. The Kier molecular flexibility index (Phi) is 6.68. The van der Waals surface area contributed by atoms with Crippen molar-refractivity contribution in [3.05, 3.63) is 84.3 Å². The smallest absolute Gasteiger partial charge is 0.230 e. The van der Waals surface area contributed by atoms with Crippen molar-refractivity contribution >= 4 is 17.7 Å². The number of amides is 1. The first-order chi connectivity index (χ1) is 15.2. The van der Waals surface area contributed by atoms with E-state index in [2.05, 4.69) is 15.5 Å². The number of nitrogens with zero attached hydrogens (tertiary/aromatic N) is 3. The SMILES string of the molecule is O=C(CSc1nnc(-c2ccc(O)cc2)n1Cc1ccco1)NCCc1ccccc1. The average Bonchev–Trinajstić information content (AvgIpc) is 3.44. The van der Waals surface area contributed by atoms with Gasteiger partial charge in [0.15, 0.2) is 11.0 Å². The van der Waals surface area contributed by atoms with Crippen LogP contribution in [0, 0.1) is 0 Å². The van der Waals surface area contributed by atoms with Gasteiger partial charge in [-0.15, -0.1) is 10.2 Å². The summed E-state index contributed by atoms with van der Waals surface area (Å²) in [4.78, 5) is 12.3. The van der Waals surface area contributed by atoms with Crippen LogP contribution in [-0.2, 0) is 17.8 Å². The van der Waals surface area contributed by atoms with Gasteiger partial charge < -0.3 is 14.8 Å². The van der Waals surface area contributed by atoms with Crippen LogP contribution in [0.4, 0.5) is 0 Å². The van der Waals surface area contributed by atoms with Crippen molar-refractivity contribution in [2.24, 2.45) is 0 Å². The van der Waals surface area contributed by atoms with Crippen molar-refractivity contribution in [1.82, 2.24) is 20.1 Å². The highest BCUT2D eigenvalue weighted by Crippen LogP contribution is 2.26. The first-order valence-electron chi connectivity index (χ1n) is 9.87.